The Kier molecular flexibility index (Phi) is 2.83. The number of hydrogen-bond acceptors (Lipinski definition) is 3. The van der Waals surface area contributed by atoms with Crippen molar-refractivity contribution < 1.29 is 4.79 Å². The van der Waals surface area contributed by atoms with Crippen molar-refractivity contribution in [2.24, 2.45) is 5.73 Å². The topological polar surface area (TPSA) is 71.8 Å². The van der Waals surface area contributed by atoms with Crippen molar-refractivity contribution >= 4 is 32.6 Å². The summed E-state index contributed by atoms with van der Waals surface area (Å²) in [5.74, 6) is 0.0465. The van der Waals surface area contributed by atoms with Crippen molar-refractivity contribution in [3.63, 3.8) is 0 Å². The summed E-state index contributed by atoms with van der Waals surface area (Å²) < 4.78 is 0.735. The number of nitrogens with one attached hydrogen (secondary N) is 1. The predicted molar refractivity (Wildman–Crippen MR) is 61.8 cm³/mol. The van der Waals surface area contributed by atoms with E-state index in [1.165, 1.54) is 0 Å². The monoisotopic (exact) mass is 267 g/mol. The van der Waals surface area contributed by atoms with Crippen LogP contribution in [0, 0.1) is 0 Å². The van der Waals surface area contributed by atoms with E-state index in [1.54, 1.807) is 6.07 Å². The predicted octanol–water partition coefficient (Wildman–Crippen LogP) is 1.86. The van der Waals surface area contributed by atoms with Gasteiger partial charge in [0, 0.05) is 17.4 Å². The fourth-order valence-corrected chi connectivity index (χ4v) is 2.03. The number of benzene rings is 1. The third-order valence-electron chi connectivity index (χ3n) is 2.21. The quantitative estimate of drug-likeness (QED) is 0.834. The molecule has 0 atom stereocenters. The number of hydrogen-bond donors (Lipinski definition) is 2. The Morgan fingerprint density at radius 1 is 1.53 bits per heavy atom. The van der Waals surface area contributed by atoms with E-state index < -0.39 is 0 Å². The van der Waals surface area contributed by atoms with Gasteiger partial charge in [0.15, 0.2) is 5.78 Å². The second kappa shape index (κ2) is 4.12. The zero-order valence-electron chi connectivity index (χ0n) is 7.96. The molecule has 0 bridgehead atoms. The van der Waals surface area contributed by atoms with Gasteiger partial charge in [-0.25, -0.2) is 0 Å². The lowest BCUT2D eigenvalue weighted by Crippen LogP contribution is -2.08. The van der Waals surface area contributed by atoms with Crippen LogP contribution < -0.4 is 5.73 Å². The smallest absolute Gasteiger partial charge is 0.164 e. The Hall–Kier alpha value is -1.20. The average Bonchev–Trinajstić information content (AvgIpc) is 2.61. The molecule has 1 aromatic heterocycles. The molecule has 0 aliphatic carbocycles. The number of fused-ring (bicyclic) bond motifs is 1. The summed E-state index contributed by atoms with van der Waals surface area (Å²) in [6.07, 6.45) is 0.358. The van der Waals surface area contributed by atoms with Gasteiger partial charge in [-0.05, 0) is 28.5 Å². The van der Waals surface area contributed by atoms with Gasteiger partial charge < -0.3 is 5.73 Å². The molecule has 3 N–H and O–H groups in total. The molecule has 4 nitrogen and oxygen atoms in total. The Balaban J connectivity index is 2.59. The lowest BCUT2D eigenvalue weighted by molar-refractivity contribution is 0.0987. The molecule has 2 rings (SSSR count). The molecule has 0 amide bonds. The normalized spacial score (nSPS) is 10.8. The molecule has 0 aliphatic heterocycles. The molecular formula is C10H10BrN3O. The zero-order chi connectivity index (χ0) is 10.8. The summed E-state index contributed by atoms with van der Waals surface area (Å²) in [5, 5.41) is 7.69. The average molecular weight is 268 g/mol. The van der Waals surface area contributed by atoms with Gasteiger partial charge in [-0.2, -0.15) is 5.10 Å². The number of rotatable bonds is 3. The van der Waals surface area contributed by atoms with Crippen LogP contribution in [0.5, 0.6) is 0 Å². The van der Waals surface area contributed by atoms with Crippen molar-refractivity contribution in [2.45, 2.75) is 6.42 Å². The number of carbonyl (C=O) groups excluding carboxylic acids is 1. The van der Waals surface area contributed by atoms with E-state index in [0.717, 1.165) is 15.5 Å². The summed E-state index contributed by atoms with van der Waals surface area (Å²) in [4.78, 5) is 11.8. The zero-order valence-corrected chi connectivity index (χ0v) is 9.54. The molecule has 1 aromatic carbocycles. The summed E-state index contributed by atoms with van der Waals surface area (Å²) in [6, 6.07) is 5.47. The Morgan fingerprint density at radius 2 is 2.33 bits per heavy atom. The maximum absolute atomic E-state index is 11.8. The third kappa shape index (κ3) is 1.80. The van der Waals surface area contributed by atoms with E-state index >= 15 is 0 Å². The second-order valence-corrected chi connectivity index (χ2v) is 3.99. The summed E-state index contributed by atoms with van der Waals surface area (Å²) in [6.45, 7) is 0.366. The summed E-state index contributed by atoms with van der Waals surface area (Å²) in [5.41, 5.74) is 6.82. The first kappa shape index (κ1) is 10.3. The molecule has 0 aliphatic rings. The van der Waals surface area contributed by atoms with Crippen LogP contribution in [0.15, 0.2) is 22.8 Å². The molecular weight excluding hydrogens is 258 g/mol. The second-order valence-electron chi connectivity index (χ2n) is 3.20. The lowest BCUT2D eigenvalue weighted by atomic mass is 10.0. The van der Waals surface area contributed by atoms with Crippen LogP contribution in [-0.4, -0.2) is 22.5 Å². The maximum Gasteiger partial charge on any atom is 0.164 e. The molecule has 0 spiro atoms. The Morgan fingerprint density at radius 3 is 3.07 bits per heavy atom. The Bertz CT molecular complexity index is 506. The van der Waals surface area contributed by atoms with E-state index in [2.05, 4.69) is 26.1 Å². The van der Waals surface area contributed by atoms with Gasteiger partial charge >= 0.3 is 0 Å². The molecule has 5 heteroatoms. The van der Waals surface area contributed by atoms with Crippen LogP contribution in [0.2, 0.25) is 0 Å². The largest absolute Gasteiger partial charge is 0.330 e. The molecule has 0 unspecified atom stereocenters. The number of aromatic amines is 1. The van der Waals surface area contributed by atoms with Gasteiger partial charge in [0.1, 0.15) is 4.60 Å². The minimum atomic E-state index is 0.0465. The van der Waals surface area contributed by atoms with E-state index in [0.29, 0.717) is 18.5 Å². The molecule has 15 heavy (non-hydrogen) atoms. The van der Waals surface area contributed by atoms with Crippen LogP contribution in [0.4, 0.5) is 0 Å². The van der Waals surface area contributed by atoms with Gasteiger partial charge in [0.05, 0.1) is 5.52 Å². The maximum atomic E-state index is 11.8. The van der Waals surface area contributed by atoms with Gasteiger partial charge in [0.2, 0.25) is 0 Å². The van der Waals surface area contributed by atoms with Crippen LogP contribution in [0.1, 0.15) is 16.8 Å². The Labute approximate surface area is 95.0 Å². The molecule has 78 valence electrons. The van der Waals surface area contributed by atoms with Gasteiger partial charge in [-0.15, -0.1) is 0 Å². The highest BCUT2D eigenvalue weighted by molar-refractivity contribution is 9.10. The van der Waals surface area contributed by atoms with Crippen molar-refractivity contribution in [3.05, 3.63) is 28.4 Å². The molecule has 0 radical (unpaired) electrons. The summed E-state index contributed by atoms with van der Waals surface area (Å²) >= 11 is 3.34. The van der Waals surface area contributed by atoms with Crippen LogP contribution in [-0.2, 0) is 0 Å². The van der Waals surface area contributed by atoms with E-state index in [9.17, 15) is 4.79 Å². The minimum Gasteiger partial charge on any atom is -0.330 e. The van der Waals surface area contributed by atoms with E-state index in [4.69, 9.17) is 5.73 Å². The number of carbonyl (C=O) groups is 1. The van der Waals surface area contributed by atoms with Crippen molar-refractivity contribution in [1.82, 2.24) is 10.2 Å². The van der Waals surface area contributed by atoms with Crippen LogP contribution >= 0.6 is 15.9 Å². The van der Waals surface area contributed by atoms with E-state index in [-0.39, 0.29) is 5.78 Å². The first-order valence-corrected chi connectivity index (χ1v) is 5.39. The number of halogens is 1. The molecule has 0 saturated carbocycles. The van der Waals surface area contributed by atoms with E-state index in [1.807, 2.05) is 12.1 Å². The van der Waals surface area contributed by atoms with Crippen molar-refractivity contribution in [3.8, 4) is 0 Å². The number of aromatic nitrogens is 2. The minimum absolute atomic E-state index is 0.0465. The highest BCUT2D eigenvalue weighted by Gasteiger charge is 2.13. The van der Waals surface area contributed by atoms with Gasteiger partial charge in [-0.3, -0.25) is 9.89 Å². The number of ketones is 1. The van der Waals surface area contributed by atoms with Crippen molar-refractivity contribution in [2.75, 3.05) is 6.54 Å². The van der Waals surface area contributed by atoms with Crippen LogP contribution in [0.25, 0.3) is 10.9 Å². The number of H-pyrrole nitrogens is 1. The first-order valence-electron chi connectivity index (χ1n) is 4.60. The summed E-state index contributed by atoms with van der Waals surface area (Å²) in [7, 11) is 0. The highest BCUT2D eigenvalue weighted by atomic mass is 79.9. The van der Waals surface area contributed by atoms with Gasteiger partial charge in [0.25, 0.3) is 0 Å². The lowest BCUT2D eigenvalue weighted by Gasteiger charge is -2.00. The fourth-order valence-electron chi connectivity index (χ4n) is 1.53. The third-order valence-corrected chi connectivity index (χ3v) is 2.78. The number of nitrogens with zero attached hydrogens (tertiary/aromatic N) is 1. The highest BCUT2D eigenvalue weighted by Crippen LogP contribution is 2.25. The van der Waals surface area contributed by atoms with Gasteiger partial charge in [-0.1, -0.05) is 12.1 Å². The van der Waals surface area contributed by atoms with Crippen molar-refractivity contribution in [1.29, 1.82) is 0 Å². The standard InChI is InChI=1S/C10H10BrN3O/c11-10-9-6(8(15)4-5-12)2-1-3-7(9)13-14-10/h1-3H,4-5,12H2,(H,13,14). The SMILES string of the molecule is NCCC(=O)c1cccc2n[nH]c(Br)c12. The molecule has 1 heterocycles. The first-order chi connectivity index (χ1) is 7.24. The molecule has 2 aromatic rings. The number of Topliss-reactive ketones (excluding diaryl/α,β-unsaturated/α-hetero) is 1. The molecule has 0 saturated heterocycles. The molecule has 0 fully saturated rings. The van der Waals surface area contributed by atoms with Crippen LogP contribution in [0.3, 0.4) is 0 Å². The number of nitrogens with two attached hydrogens (primary N) is 1. The fraction of sp³-hybridized carbons (Fsp3) is 0.200.